The van der Waals surface area contributed by atoms with Crippen LogP contribution in [0.15, 0.2) is 36.4 Å². The third-order valence-electron chi connectivity index (χ3n) is 3.38. The molecule has 2 aromatic carbocycles. The fourth-order valence-electron chi connectivity index (χ4n) is 2.23. The van der Waals surface area contributed by atoms with E-state index in [1.54, 1.807) is 17.0 Å². The Morgan fingerprint density at radius 3 is 2.59 bits per heavy atom. The van der Waals surface area contributed by atoms with Gasteiger partial charge >= 0.3 is 0 Å². The molecular weight excluding hydrogens is 319 g/mol. The number of thiocarbonyl (C=S) groups is 1. The number of benzene rings is 2. The molecule has 1 N–H and O–H groups in total. The zero-order valence-corrected chi connectivity index (χ0v) is 14.4. The van der Waals surface area contributed by atoms with Crippen molar-refractivity contribution in [1.82, 2.24) is 4.90 Å². The molecular formula is C17H18ClFN2S. The maximum Gasteiger partial charge on any atom is 0.173 e. The Kier molecular flexibility index (Phi) is 5.37. The Morgan fingerprint density at radius 1 is 1.27 bits per heavy atom. The van der Waals surface area contributed by atoms with E-state index in [9.17, 15) is 4.39 Å². The first-order chi connectivity index (χ1) is 10.4. The number of hydrogen-bond donors (Lipinski definition) is 1. The summed E-state index contributed by atoms with van der Waals surface area (Å²) in [5.74, 6) is -0.235. The summed E-state index contributed by atoms with van der Waals surface area (Å²) < 4.78 is 13.7. The predicted molar refractivity (Wildman–Crippen MR) is 95.0 cm³/mol. The molecule has 0 saturated carbocycles. The van der Waals surface area contributed by atoms with Crippen molar-refractivity contribution in [2.24, 2.45) is 0 Å². The van der Waals surface area contributed by atoms with E-state index >= 15 is 0 Å². The maximum absolute atomic E-state index is 13.7. The molecule has 2 aromatic rings. The maximum atomic E-state index is 13.7. The van der Waals surface area contributed by atoms with Crippen LogP contribution in [0.5, 0.6) is 0 Å². The molecule has 2 rings (SSSR count). The van der Waals surface area contributed by atoms with Crippen molar-refractivity contribution < 1.29 is 4.39 Å². The molecule has 0 amide bonds. The smallest absolute Gasteiger partial charge is 0.173 e. The van der Waals surface area contributed by atoms with Gasteiger partial charge in [0.05, 0.1) is 10.7 Å². The highest BCUT2D eigenvalue weighted by Crippen LogP contribution is 2.27. The van der Waals surface area contributed by atoms with E-state index in [0.717, 1.165) is 16.8 Å². The summed E-state index contributed by atoms with van der Waals surface area (Å²) in [5, 5.41) is 4.27. The number of halogens is 2. The summed E-state index contributed by atoms with van der Waals surface area (Å²) in [6, 6.07) is 10.6. The zero-order chi connectivity index (χ0) is 16.3. The first-order valence-electron chi connectivity index (χ1n) is 6.90. The van der Waals surface area contributed by atoms with Crippen LogP contribution in [0.25, 0.3) is 0 Å². The predicted octanol–water partition coefficient (Wildman–Crippen LogP) is 4.92. The van der Waals surface area contributed by atoms with Gasteiger partial charge in [-0.15, -0.1) is 0 Å². The number of aryl methyl sites for hydroxylation is 2. The van der Waals surface area contributed by atoms with Gasteiger partial charge in [-0.1, -0.05) is 35.9 Å². The number of rotatable bonds is 3. The van der Waals surface area contributed by atoms with Crippen LogP contribution < -0.4 is 5.32 Å². The fraction of sp³-hybridized carbons (Fsp3) is 0.235. The summed E-state index contributed by atoms with van der Waals surface area (Å²) in [6.45, 7) is 4.35. The highest BCUT2D eigenvalue weighted by atomic mass is 35.5. The lowest BCUT2D eigenvalue weighted by Crippen LogP contribution is -2.31. The van der Waals surface area contributed by atoms with Gasteiger partial charge in [-0.3, -0.25) is 0 Å². The third-order valence-corrected chi connectivity index (χ3v) is 4.09. The Hall–Kier alpha value is -1.65. The van der Waals surface area contributed by atoms with Gasteiger partial charge in [-0.25, -0.2) is 4.39 Å². The third kappa shape index (κ3) is 3.96. The van der Waals surface area contributed by atoms with Gasteiger partial charge in [-0.2, -0.15) is 0 Å². The number of anilines is 1. The van der Waals surface area contributed by atoms with Gasteiger partial charge in [0.15, 0.2) is 5.11 Å². The lowest BCUT2D eigenvalue weighted by Gasteiger charge is -2.23. The molecule has 0 spiro atoms. The van der Waals surface area contributed by atoms with E-state index in [1.165, 1.54) is 6.07 Å². The first kappa shape index (κ1) is 16.7. The molecule has 0 aliphatic rings. The molecule has 0 bridgehead atoms. The second-order valence-corrected chi connectivity index (χ2v) is 6.11. The molecule has 0 fully saturated rings. The van der Waals surface area contributed by atoms with Crippen molar-refractivity contribution in [3.8, 4) is 0 Å². The van der Waals surface area contributed by atoms with Crippen molar-refractivity contribution in [1.29, 1.82) is 0 Å². The monoisotopic (exact) mass is 336 g/mol. The van der Waals surface area contributed by atoms with Crippen LogP contribution in [0.2, 0.25) is 5.02 Å². The summed E-state index contributed by atoms with van der Waals surface area (Å²) in [6.07, 6.45) is 0. The first-order valence-corrected chi connectivity index (χ1v) is 7.69. The van der Waals surface area contributed by atoms with Crippen molar-refractivity contribution in [2.45, 2.75) is 20.4 Å². The number of hydrogen-bond acceptors (Lipinski definition) is 1. The molecule has 0 unspecified atom stereocenters. The van der Waals surface area contributed by atoms with E-state index in [0.29, 0.717) is 22.2 Å². The molecule has 22 heavy (non-hydrogen) atoms. The van der Waals surface area contributed by atoms with Gasteiger partial charge in [0, 0.05) is 19.2 Å². The Labute approximate surface area is 140 Å². The van der Waals surface area contributed by atoms with E-state index in [2.05, 4.69) is 5.32 Å². The summed E-state index contributed by atoms with van der Waals surface area (Å²) in [4.78, 5) is 1.78. The van der Waals surface area contributed by atoms with Crippen LogP contribution in [0.1, 0.15) is 16.7 Å². The van der Waals surface area contributed by atoms with Crippen LogP contribution in [-0.4, -0.2) is 17.1 Å². The quantitative estimate of drug-likeness (QED) is 0.800. The SMILES string of the molecule is Cc1cc(C)c(NC(=S)N(C)Cc2ccccc2F)c(Cl)c1. The molecule has 0 aliphatic carbocycles. The van der Waals surface area contributed by atoms with E-state index in [1.807, 2.05) is 39.1 Å². The van der Waals surface area contributed by atoms with Crippen LogP contribution in [0, 0.1) is 19.7 Å². The zero-order valence-electron chi connectivity index (χ0n) is 12.8. The number of nitrogens with one attached hydrogen (secondary N) is 1. The van der Waals surface area contributed by atoms with Gasteiger partial charge in [0.25, 0.3) is 0 Å². The molecule has 5 heteroatoms. The lowest BCUT2D eigenvalue weighted by atomic mass is 10.1. The fourth-order valence-corrected chi connectivity index (χ4v) is 2.77. The van der Waals surface area contributed by atoms with Gasteiger partial charge in [-0.05, 0) is 49.3 Å². The van der Waals surface area contributed by atoms with E-state index in [4.69, 9.17) is 23.8 Å². The minimum absolute atomic E-state index is 0.235. The summed E-state index contributed by atoms with van der Waals surface area (Å²) >= 11 is 11.7. The minimum atomic E-state index is -0.235. The van der Waals surface area contributed by atoms with Crippen molar-refractivity contribution in [3.05, 3.63) is 63.9 Å². The van der Waals surface area contributed by atoms with Crippen LogP contribution in [-0.2, 0) is 6.54 Å². The molecule has 116 valence electrons. The highest BCUT2D eigenvalue weighted by molar-refractivity contribution is 7.80. The average molecular weight is 337 g/mol. The van der Waals surface area contributed by atoms with Crippen molar-refractivity contribution >= 4 is 34.6 Å². The Balaban J connectivity index is 2.11. The minimum Gasteiger partial charge on any atom is -0.348 e. The summed E-state index contributed by atoms with van der Waals surface area (Å²) in [5.41, 5.74) is 3.50. The van der Waals surface area contributed by atoms with Crippen molar-refractivity contribution in [3.63, 3.8) is 0 Å². The van der Waals surface area contributed by atoms with E-state index < -0.39 is 0 Å². The molecule has 0 heterocycles. The molecule has 0 atom stereocenters. The Morgan fingerprint density at radius 2 is 1.95 bits per heavy atom. The molecule has 0 aromatic heterocycles. The van der Waals surface area contributed by atoms with Gasteiger partial charge in [0.2, 0.25) is 0 Å². The standard InChI is InChI=1S/C17H18ClFN2S/c1-11-8-12(2)16(14(18)9-11)20-17(22)21(3)10-13-6-4-5-7-15(13)19/h4-9H,10H2,1-3H3,(H,20,22). The molecule has 0 saturated heterocycles. The second-order valence-electron chi connectivity index (χ2n) is 5.32. The van der Waals surface area contributed by atoms with Crippen LogP contribution >= 0.6 is 23.8 Å². The van der Waals surface area contributed by atoms with Crippen LogP contribution in [0.4, 0.5) is 10.1 Å². The van der Waals surface area contributed by atoms with Crippen LogP contribution in [0.3, 0.4) is 0 Å². The number of nitrogens with zero attached hydrogens (tertiary/aromatic N) is 1. The lowest BCUT2D eigenvalue weighted by molar-refractivity contribution is 0.486. The average Bonchev–Trinajstić information content (AvgIpc) is 2.45. The largest absolute Gasteiger partial charge is 0.348 e. The molecule has 2 nitrogen and oxygen atoms in total. The molecule has 0 aliphatic heterocycles. The highest BCUT2D eigenvalue weighted by Gasteiger charge is 2.12. The van der Waals surface area contributed by atoms with Gasteiger partial charge < -0.3 is 10.2 Å². The van der Waals surface area contributed by atoms with E-state index in [-0.39, 0.29) is 5.82 Å². The van der Waals surface area contributed by atoms with Crippen molar-refractivity contribution in [2.75, 3.05) is 12.4 Å². The Bertz CT molecular complexity index is 680. The molecule has 0 radical (unpaired) electrons. The van der Waals surface area contributed by atoms with Gasteiger partial charge in [0.1, 0.15) is 5.82 Å². The second kappa shape index (κ2) is 7.07. The summed E-state index contributed by atoms with van der Waals surface area (Å²) in [7, 11) is 1.82. The normalized spacial score (nSPS) is 10.4. The topological polar surface area (TPSA) is 15.3 Å².